The van der Waals surface area contributed by atoms with Gasteiger partial charge in [0, 0.05) is 37.7 Å². The second kappa shape index (κ2) is 7.84. The van der Waals surface area contributed by atoms with Gasteiger partial charge in [-0.05, 0) is 55.9 Å². The Morgan fingerprint density at radius 2 is 2.11 bits per heavy atom. The van der Waals surface area contributed by atoms with Gasteiger partial charge in [0.15, 0.2) is 11.8 Å². The first-order chi connectivity index (χ1) is 13.6. The molecule has 4 rings (SSSR count). The van der Waals surface area contributed by atoms with Crippen molar-refractivity contribution in [2.24, 2.45) is 16.6 Å². The monoisotopic (exact) mass is 378 g/mol. The van der Waals surface area contributed by atoms with Crippen LogP contribution in [0, 0.1) is 19.8 Å². The van der Waals surface area contributed by atoms with E-state index in [0.717, 1.165) is 43.1 Å². The van der Waals surface area contributed by atoms with Crippen LogP contribution in [0.25, 0.3) is 5.65 Å². The van der Waals surface area contributed by atoms with Crippen LogP contribution < -0.4 is 16.0 Å². The maximum Gasteiger partial charge on any atom is 0.203 e. The molecular formula is C20H26N8. The standard InChI is InChI=1S/C20H26N8/c1-14-8-15(2)10-17(9-14)25-20(21)23-11-16-4-3-6-27(12-16)18-19-26-24-13-28(19)7-5-22-18/h5,7-10,13,16H,3-4,6,11-12H2,1-2H3,(H3,21,23,25). The molecule has 1 fully saturated rings. The molecule has 0 aliphatic carbocycles. The van der Waals surface area contributed by atoms with Gasteiger partial charge in [-0.1, -0.05) is 6.07 Å². The molecule has 3 heterocycles. The topological polar surface area (TPSA) is 96.7 Å². The van der Waals surface area contributed by atoms with Crippen molar-refractivity contribution in [1.29, 1.82) is 0 Å². The molecule has 28 heavy (non-hydrogen) atoms. The molecule has 0 bridgehead atoms. The van der Waals surface area contributed by atoms with Crippen molar-refractivity contribution in [2.45, 2.75) is 26.7 Å². The summed E-state index contributed by atoms with van der Waals surface area (Å²) in [5, 5.41) is 11.4. The molecule has 146 valence electrons. The number of hydrogen-bond acceptors (Lipinski definition) is 5. The highest BCUT2D eigenvalue weighted by Gasteiger charge is 2.23. The van der Waals surface area contributed by atoms with Crippen molar-refractivity contribution in [2.75, 3.05) is 29.9 Å². The van der Waals surface area contributed by atoms with Crippen LogP contribution in [0.3, 0.4) is 0 Å². The predicted octanol–water partition coefficient (Wildman–Crippen LogP) is 2.38. The number of piperidine rings is 1. The summed E-state index contributed by atoms with van der Waals surface area (Å²) in [6, 6.07) is 6.28. The number of aryl methyl sites for hydroxylation is 2. The zero-order valence-electron chi connectivity index (χ0n) is 16.3. The van der Waals surface area contributed by atoms with Gasteiger partial charge in [0.1, 0.15) is 6.33 Å². The Labute approximate surface area is 164 Å². The fourth-order valence-electron chi connectivity index (χ4n) is 3.84. The number of guanidine groups is 1. The van der Waals surface area contributed by atoms with E-state index in [2.05, 4.69) is 62.4 Å². The molecule has 3 N–H and O–H groups in total. The smallest absolute Gasteiger partial charge is 0.203 e. The number of aliphatic imine (C=N–C) groups is 1. The first kappa shape index (κ1) is 18.2. The molecule has 1 saturated heterocycles. The van der Waals surface area contributed by atoms with E-state index < -0.39 is 0 Å². The maximum atomic E-state index is 6.12. The minimum Gasteiger partial charge on any atom is -0.370 e. The number of nitrogens with one attached hydrogen (secondary N) is 1. The minimum absolute atomic E-state index is 0.429. The van der Waals surface area contributed by atoms with Crippen LogP contribution in [-0.2, 0) is 0 Å². The predicted molar refractivity (Wildman–Crippen MR) is 112 cm³/mol. The molecule has 0 amide bonds. The average molecular weight is 378 g/mol. The van der Waals surface area contributed by atoms with E-state index in [1.165, 1.54) is 11.1 Å². The molecule has 0 radical (unpaired) electrons. The molecule has 8 nitrogen and oxygen atoms in total. The summed E-state index contributed by atoms with van der Waals surface area (Å²) in [5.41, 5.74) is 10.3. The highest BCUT2D eigenvalue weighted by Crippen LogP contribution is 2.24. The SMILES string of the molecule is Cc1cc(C)cc(NC(N)=NCC2CCCN(c3nccn4cnnc34)C2)c1. The zero-order chi connectivity index (χ0) is 19.5. The Bertz CT molecular complexity index is 973. The van der Waals surface area contributed by atoms with Crippen LogP contribution in [-0.4, -0.2) is 45.2 Å². The number of rotatable bonds is 4. The third-order valence-corrected chi connectivity index (χ3v) is 5.03. The lowest BCUT2D eigenvalue weighted by Gasteiger charge is -2.32. The van der Waals surface area contributed by atoms with E-state index in [9.17, 15) is 0 Å². The molecule has 1 unspecified atom stereocenters. The molecule has 0 saturated carbocycles. The lowest BCUT2D eigenvalue weighted by atomic mass is 9.98. The molecule has 1 aliphatic rings. The Morgan fingerprint density at radius 1 is 1.29 bits per heavy atom. The minimum atomic E-state index is 0.429. The van der Waals surface area contributed by atoms with Crippen LogP contribution in [0.2, 0.25) is 0 Å². The lowest BCUT2D eigenvalue weighted by Crippen LogP contribution is -2.38. The van der Waals surface area contributed by atoms with Gasteiger partial charge in [0.25, 0.3) is 0 Å². The Kier molecular flexibility index (Phi) is 5.10. The highest BCUT2D eigenvalue weighted by atomic mass is 15.3. The van der Waals surface area contributed by atoms with Gasteiger partial charge >= 0.3 is 0 Å². The lowest BCUT2D eigenvalue weighted by molar-refractivity contribution is 0.422. The average Bonchev–Trinajstić information content (AvgIpc) is 3.14. The number of hydrogen-bond donors (Lipinski definition) is 2. The number of aromatic nitrogens is 4. The Hall–Kier alpha value is -3.16. The summed E-state index contributed by atoms with van der Waals surface area (Å²) < 4.78 is 1.90. The van der Waals surface area contributed by atoms with Crippen molar-refractivity contribution in [3.8, 4) is 0 Å². The van der Waals surface area contributed by atoms with Gasteiger partial charge in [-0.25, -0.2) is 4.98 Å². The molecule has 3 aromatic rings. The molecule has 2 aromatic heterocycles. The largest absolute Gasteiger partial charge is 0.370 e. The van der Waals surface area contributed by atoms with Crippen molar-refractivity contribution in [3.05, 3.63) is 48.0 Å². The van der Waals surface area contributed by atoms with Crippen LogP contribution in [0.5, 0.6) is 0 Å². The van der Waals surface area contributed by atoms with Crippen molar-refractivity contribution < 1.29 is 0 Å². The van der Waals surface area contributed by atoms with Gasteiger partial charge in [-0.2, -0.15) is 0 Å². The van der Waals surface area contributed by atoms with Crippen molar-refractivity contribution in [1.82, 2.24) is 19.6 Å². The van der Waals surface area contributed by atoms with Crippen molar-refractivity contribution >= 4 is 23.1 Å². The van der Waals surface area contributed by atoms with Gasteiger partial charge in [0.2, 0.25) is 5.65 Å². The fourth-order valence-corrected chi connectivity index (χ4v) is 3.84. The normalized spacial score (nSPS) is 17.9. The van der Waals surface area contributed by atoms with Crippen LogP contribution in [0.15, 0.2) is 41.9 Å². The molecule has 1 aliphatic heterocycles. The first-order valence-electron chi connectivity index (χ1n) is 9.63. The number of benzene rings is 1. The van der Waals surface area contributed by atoms with Crippen LogP contribution in [0.1, 0.15) is 24.0 Å². The number of nitrogens with two attached hydrogens (primary N) is 1. The summed E-state index contributed by atoms with van der Waals surface area (Å²) in [5.74, 6) is 1.77. The van der Waals surface area contributed by atoms with Crippen LogP contribution in [0.4, 0.5) is 11.5 Å². The molecule has 1 aromatic carbocycles. The zero-order valence-corrected chi connectivity index (χ0v) is 16.3. The molecular weight excluding hydrogens is 352 g/mol. The van der Waals surface area contributed by atoms with Crippen LogP contribution >= 0.6 is 0 Å². The summed E-state index contributed by atoms with van der Waals surface area (Å²) >= 11 is 0. The van der Waals surface area contributed by atoms with E-state index in [1.54, 1.807) is 12.5 Å². The number of anilines is 2. The van der Waals surface area contributed by atoms with E-state index in [0.29, 0.717) is 18.4 Å². The summed E-state index contributed by atoms with van der Waals surface area (Å²) in [4.78, 5) is 11.4. The maximum absolute atomic E-state index is 6.12. The van der Waals surface area contributed by atoms with Gasteiger partial charge in [0.05, 0.1) is 0 Å². The third kappa shape index (κ3) is 4.05. The quantitative estimate of drug-likeness (QED) is 0.534. The summed E-state index contributed by atoms with van der Waals surface area (Å²) in [6.07, 6.45) is 7.59. The molecule has 0 spiro atoms. The van der Waals surface area contributed by atoms with Gasteiger partial charge in [-0.3, -0.25) is 9.39 Å². The first-order valence-corrected chi connectivity index (χ1v) is 9.63. The molecule has 1 atom stereocenters. The van der Waals surface area contributed by atoms with Gasteiger partial charge in [-0.15, -0.1) is 10.2 Å². The molecule has 8 heteroatoms. The summed E-state index contributed by atoms with van der Waals surface area (Å²) in [7, 11) is 0. The number of nitrogens with zero attached hydrogens (tertiary/aromatic N) is 6. The Balaban J connectivity index is 1.41. The van der Waals surface area contributed by atoms with E-state index >= 15 is 0 Å². The second-order valence-corrected chi connectivity index (χ2v) is 7.49. The van der Waals surface area contributed by atoms with E-state index in [-0.39, 0.29) is 0 Å². The Morgan fingerprint density at radius 3 is 2.93 bits per heavy atom. The summed E-state index contributed by atoms with van der Waals surface area (Å²) in [6.45, 7) is 6.70. The van der Waals surface area contributed by atoms with E-state index in [1.807, 2.05) is 10.6 Å². The number of fused-ring (bicyclic) bond motifs is 1. The highest BCUT2D eigenvalue weighted by molar-refractivity contribution is 5.92. The van der Waals surface area contributed by atoms with E-state index in [4.69, 9.17) is 5.73 Å². The van der Waals surface area contributed by atoms with Crippen molar-refractivity contribution in [3.63, 3.8) is 0 Å². The van der Waals surface area contributed by atoms with Gasteiger partial charge < -0.3 is 16.0 Å². The third-order valence-electron chi connectivity index (χ3n) is 5.03. The fraction of sp³-hybridized carbons (Fsp3) is 0.400. The second-order valence-electron chi connectivity index (χ2n) is 7.49.